The Kier molecular flexibility index (Phi) is 6.92. The second-order valence-corrected chi connectivity index (χ2v) is 8.00. The first-order valence-corrected chi connectivity index (χ1v) is 10.7. The topological polar surface area (TPSA) is 53.4 Å². The Bertz CT molecular complexity index is 1000. The van der Waals surface area contributed by atoms with Crippen molar-refractivity contribution >= 4 is 17.7 Å². The van der Waals surface area contributed by atoms with Gasteiger partial charge >= 0.3 is 0 Å². The SMILES string of the molecule is Cn1cc(/C=C/C(=O)Nc2ccc(CN3CCN(Cc4ccccc4)CC3)cc2)cn1. The highest BCUT2D eigenvalue weighted by Crippen LogP contribution is 2.14. The molecule has 0 spiro atoms. The number of hydrogen-bond donors (Lipinski definition) is 1. The number of nitrogens with zero attached hydrogens (tertiary/aromatic N) is 4. The molecule has 0 bridgehead atoms. The first-order valence-electron chi connectivity index (χ1n) is 10.7. The van der Waals surface area contributed by atoms with Gasteiger partial charge in [-0.05, 0) is 29.3 Å². The van der Waals surface area contributed by atoms with Crippen molar-refractivity contribution in [3.05, 3.63) is 89.8 Å². The minimum absolute atomic E-state index is 0.147. The third kappa shape index (κ3) is 6.38. The summed E-state index contributed by atoms with van der Waals surface area (Å²) in [5, 5.41) is 6.99. The lowest BCUT2D eigenvalue weighted by Gasteiger charge is -2.34. The van der Waals surface area contributed by atoms with E-state index in [-0.39, 0.29) is 5.91 Å². The number of piperazine rings is 1. The first kappa shape index (κ1) is 21.0. The highest BCUT2D eigenvalue weighted by Gasteiger charge is 2.17. The van der Waals surface area contributed by atoms with Crippen LogP contribution in [0.2, 0.25) is 0 Å². The molecule has 1 aliphatic heterocycles. The molecule has 1 amide bonds. The smallest absolute Gasteiger partial charge is 0.248 e. The van der Waals surface area contributed by atoms with E-state index < -0.39 is 0 Å². The van der Waals surface area contributed by atoms with Crippen LogP contribution >= 0.6 is 0 Å². The average Bonchev–Trinajstić information content (AvgIpc) is 3.21. The fourth-order valence-corrected chi connectivity index (χ4v) is 3.78. The van der Waals surface area contributed by atoms with Crippen molar-refractivity contribution in [1.82, 2.24) is 19.6 Å². The molecule has 1 saturated heterocycles. The van der Waals surface area contributed by atoms with Crippen LogP contribution in [0.15, 0.2) is 73.1 Å². The fraction of sp³-hybridized carbons (Fsp3) is 0.280. The van der Waals surface area contributed by atoms with Gasteiger partial charge in [0.2, 0.25) is 5.91 Å². The van der Waals surface area contributed by atoms with Crippen molar-refractivity contribution in [2.45, 2.75) is 13.1 Å². The number of carbonyl (C=O) groups excluding carboxylic acids is 1. The van der Waals surface area contributed by atoms with E-state index in [4.69, 9.17) is 0 Å². The lowest BCUT2D eigenvalue weighted by atomic mass is 10.1. The van der Waals surface area contributed by atoms with E-state index in [1.54, 1.807) is 17.0 Å². The number of carbonyl (C=O) groups is 1. The van der Waals surface area contributed by atoms with Crippen molar-refractivity contribution in [3.8, 4) is 0 Å². The van der Waals surface area contributed by atoms with Crippen molar-refractivity contribution in [2.24, 2.45) is 7.05 Å². The molecule has 1 fully saturated rings. The van der Waals surface area contributed by atoms with Gasteiger partial charge in [0.1, 0.15) is 0 Å². The summed E-state index contributed by atoms with van der Waals surface area (Å²) >= 11 is 0. The zero-order valence-electron chi connectivity index (χ0n) is 17.9. The van der Waals surface area contributed by atoms with Gasteiger partial charge in [-0.1, -0.05) is 42.5 Å². The monoisotopic (exact) mass is 415 g/mol. The number of rotatable bonds is 7. The second-order valence-electron chi connectivity index (χ2n) is 8.00. The zero-order valence-corrected chi connectivity index (χ0v) is 17.9. The molecule has 2 heterocycles. The van der Waals surface area contributed by atoms with Crippen LogP contribution in [-0.4, -0.2) is 51.7 Å². The number of nitrogens with one attached hydrogen (secondary N) is 1. The molecule has 3 aromatic rings. The van der Waals surface area contributed by atoms with E-state index in [0.717, 1.165) is 50.5 Å². The molecule has 1 N–H and O–H groups in total. The van der Waals surface area contributed by atoms with Crippen molar-refractivity contribution < 1.29 is 4.79 Å². The van der Waals surface area contributed by atoms with Gasteiger partial charge in [-0.3, -0.25) is 19.3 Å². The van der Waals surface area contributed by atoms with Crippen molar-refractivity contribution in [2.75, 3.05) is 31.5 Å². The Morgan fingerprint density at radius 2 is 1.55 bits per heavy atom. The Morgan fingerprint density at radius 1 is 0.935 bits per heavy atom. The maximum absolute atomic E-state index is 12.1. The molecule has 1 aromatic heterocycles. The number of amides is 1. The summed E-state index contributed by atoms with van der Waals surface area (Å²) in [5.41, 5.74) is 4.35. The van der Waals surface area contributed by atoms with E-state index in [0.29, 0.717) is 0 Å². The third-order valence-corrected chi connectivity index (χ3v) is 5.49. The van der Waals surface area contributed by atoms with Crippen LogP contribution < -0.4 is 5.32 Å². The van der Waals surface area contributed by atoms with Gasteiger partial charge in [-0.15, -0.1) is 0 Å². The van der Waals surface area contributed by atoms with E-state index in [1.165, 1.54) is 17.2 Å². The highest BCUT2D eigenvalue weighted by molar-refractivity contribution is 6.01. The van der Waals surface area contributed by atoms with Crippen LogP contribution in [-0.2, 0) is 24.9 Å². The Balaban J connectivity index is 1.21. The Morgan fingerprint density at radius 3 is 2.13 bits per heavy atom. The lowest BCUT2D eigenvalue weighted by molar-refractivity contribution is -0.111. The van der Waals surface area contributed by atoms with Crippen LogP contribution in [0.3, 0.4) is 0 Å². The summed E-state index contributed by atoms with van der Waals surface area (Å²) in [5.74, 6) is -0.147. The summed E-state index contributed by atoms with van der Waals surface area (Å²) in [4.78, 5) is 17.1. The summed E-state index contributed by atoms with van der Waals surface area (Å²) in [7, 11) is 1.85. The minimum atomic E-state index is -0.147. The molecule has 0 atom stereocenters. The van der Waals surface area contributed by atoms with Crippen LogP contribution in [0.25, 0.3) is 6.08 Å². The Hall–Kier alpha value is -3.22. The van der Waals surface area contributed by atoms with Gasteiger partial charge in [0.25, 0.3) is 0 Å². The van der Waals surface area contributed by atoms with E-state index in [2.05, 4.69) is 62.7 Å². The number of benzene rings is 2. The molecule has 0 unspecified atom stereocenters. The molecule has 31 heavy (non-hydrogen) atoms. The highest BCUT2D eigenvalue weighted by atomic mass is 16.1. The molecule has 2 aromatic carbocycles. The van der Waals surface area contributed by atoms with Gasteiger partial charge in [-0.2, -0.15) is 5.10 Å². The Labute approximate surface area is 183 Å². The van der Waals surface area contributed by atoms with Gasteiger partial charge in [0.15, 0.2) is 0 Å². The first-order chi connectivity index (χ1) is 15.1. The third-order valence-electron chi connectivity index (χ3n) is 5.49. The molecule has 0 radical (unpaired) electrons. The molecule has 4 rings (SSSR count). The van der Waals surface area contributed by atoms with E-state index in [1.807, 2.05) is 25.4 Å². The van der Waals surface area contributed by atoms with Crippen LogP contribution in [0.5, 0.6) is 0 Å². The molecular formula is C25H29N5O. The summed E-state index contributed by atoms with van der Waals surface area (Å²) < 4.78 is 1.71. The van der Waals surface area contributed by atoms with Gasteiger partial charge < -0.3 is 5.32 Å². The molecule has 0 aliphatic carbocycles. The van der Waals surface area contributed by atoms with Crippen molar-refractivity contribution in [3.63, 3.8) is 0 Å². The molecule has 1 aliphatic rings. The largest absolute Gasteiger partial charge is 0.323 e. The standard InChI is InChI=1S/C25H29N5O/c1-28-18-23(17-26-28)9-12-25(31)27-24-10-7-22(8-11-24)20-30-15-13-29(14-16-30)19-21-5-3-2-4-6-21/h2-12,17-18H,13-16,19-20H2,1H3,(H,27,31)/b12-9+. The zero-order chi connectivity index (χ0) is 21.5. The summed E-state index contributed by atoms with van der Waals surface area (Å²) in [6.07, 6.45) is 6.87. The number of aryl methyl sites for hydroxylation is 1. The summed E-state index contributed by atoms with van der Waals surface area (Å²) in [6, 6.07) is 18.8. The van der Waals surface area contributed by atoms with Gasteiger partial charge in [0, 0.05) is 69.8 Å². The minimum Gasteiger partial charge on any atom is -0.323 e. The normalized spacial score (nSPS) is 15.4. The lowest BCUT2D eigenvalue weighted by Crippen LogP contribution is -2.45. The fourth-order valence-electron chi connectivity index (χ4n) is 3.78. The van der Waals surface area contributed by atoms with Gasteiger partial charge in [-0.25, -0.2) is 0 Å². The average molecular weight is 416 g/mol. The van der Waals surface area contributed by atoms with Gasteiger partial charge in [0.05, 0.1) is 6.20 Å². The number of anilines is 1. The van der Waals surface area contributed by atoms with Crippen LogP contribution in [0, 0.1) is 0 Å². The summed E-state index contributed by atoms with van der Waals surface area (Å²) in [6.45, 7) is 6.29. The number of hydrogen-bond acceptors (Lipinski definition) is 4. The maximum Gasteiger partial charge on any atom is 0.248 e. The molecule has 6 nitrogen and oxygen atoms in total. The predicted molar refractivity (Wildman–Crippen MR) is 124 cm³/mol. The van der Waals surface area contributed by atoms with Crippen LogP contribution in [0.1, 0.15) is 16.7 Å². The quantitative estimate of drug-likeness (QED) is 0.601. The maximum atomic E-state index is 12.1. The second kappa shape index (κ2) is 10.2. The van der Waals surface area contributed by atoms with E-state index in [9.17, 15) is 4.79 Å². The molecule has 0 saturated carbocycles. The van der Waals surface area contributed by atoms with E-state index >= 15 is 0 Å². The molecular weight excluding hydrogens is 386 g/mol. The van der Waals surface area contributed by atoms with Crippen molar-refractivity contribution in [1.29, 1.82) is 0 Å². The molecule has 6 heteroatoms. The number of aromatic nitrogens is 2. The molecule has 160 valence electrons. The predicted octanol–water partition coefficient (Wildman–Crippen LogP) is 3.39. The van der Waals surface area contributed by atoms with Crippen LogP contribution in [0.4, 0.5) is 5.69 Å².